The van der Waals surface area contributed by atoms with Crippen molar-refractivity contribution in [2.45, 2.75) is 19.3 Å². The van der Waals surface area contributed by atoms with Crippen LogP contribution in [0.4, 0.5) is 10.7 Å². The number of fused-ring (bicyclic) bond motifs is 1. The largest absolute Gasteiger partial charge is 0.495 e. The number of aromatic nitrogens is 1. The second-order valence-corrected chi connectivity index (χ2v) is 5.63. The van der Waals surface area contributed by atoms with Crippen LogP contribution in [0.15, 0.2) is 18.2 Å². The Morgan fingerprint density at radius 1 is 1.29 bits per heavy atom. The number of aryl methyl sites for hydroxylation is 1. The lowest BCUT2D eigenvalue weighted by atomic mass is 10.2. The molecule has 0 saturated heterocycles. The van der Waals surface area contributed by atoms with E-state index < -0.39 is 0 Å². The summed E-state index contributed by atoms with van der Waals surface area (Å²) in [6, 6.07) is 5.83. The number of nitrogens with one attached hydrogen (secondary N) is 1. The number of methoxy groups -OCH3 is 1. The van der Waals surface area contributed by atoms with E-state index in [9.17, 15) is 0 Å². The summed E-state index contributed by atoms with van der Waals surface area (Å²) in [4.78, 5) is 4.74. The van der Waals surface area contributed by atoms with Gasteiger partial charge in [0.05, 0.1) is 18.5 Å². The van der Waals surface area contributed by atoms with Gasteiger partial charge in [0, 0.05) is 12.1 Å². The molecule has 0 radical (unpaired) electrons. The number of ether oxygens (including phenoxy) is 1. The Balaban J connectivity index is 0.00000110. The molecule has 0 saturated carbocycles. The van der Waals surface area contributed by atoms with Crippen molar-refractivity contribution in [1.29, 1.82) is 0 Å². The Morgan fingerprint density at radius 2 is 2.10 bits per heavy atom. The van der Waals surface area contributed by atoms with E-state index in [1.165, 1.54) is 23.5 Å². The quantitative estimate of drug-likeness (QED) is 0.806. The molecule has 0 fully saturated rings. The maximum Gasteiger partial charge on any atom is 0.141 e. The number of nitrogens with zero attached hydrogens (tertiary/aromatic N) is 1. The zero-order valence-corrected chi connectivity index (χ0v) is 14.2. The number of nitrogens with two attached hydrogens (primary N) is 1. The molecule has 1 aromatic heterocycles. The number of benzene rings is 1. The molecule has 3 N–H and O–H groups in total. The summed E-state index contributed by atoms with van der Waals surface area (Å²) in [5.41, 5.74) is 8.84. The van der Waals surface area contributed by atoms with Crippen molar-refractivity contribution < 1.29 is 4.74 Å². The van der Waals surface area contributed by atoms with Crippen molar-refractivity contribution in [3.8, 4) is 16.3 Å². The smallest absolute Gasteiger partial charge is 0.141 e. The van der Waals surface area contributed by atoms with Gasteiger partial charge in [-0.25, -0.2) is 4.98 Å². The van der Waals surface area contributed by atoms with Gasteiger partial charge in [0.2, 0.25) is 0 Å². The van der Waals surface area contributed by atoms with Crippen molar-refractivity contribution in [2.24, 2.45) is 0 Å². The predicted octanol–water partition coefficient (Wildman–Crippen LogP) is 3.99. The van der Waals surface area contributed by atoms with E-state index in [4.69, 9.17) is 15.5 Å². The van der Waals surface area contributed by atoms with Crippen LogP contribution in [0.5, 0.6) is 5.75 Å². The van der Waals surface area contributed by atoms with Crippen LogP contribution in [0.25, 0.3) is 10.6 Å². The summed E-state index contributed by atoms with van der Waals surface area (Å²) >= 11 is 1.71. The fourth-order valence-electron chi connectivity index (χ4n) is 2.27. The number of anilines is 2. The summed E-state index contributed by atoms with van der Waals surface area (Å²) in [6.45, 7) is 1.04. The molecule has 2 aromatic rings. The second kappa shape index (κ2) is 7.73. The standard InChI is InChI=1S/C14H17N3OS.2ClH/c1-18-12-6-5-9(8-10(12)15)13-17-11-4-2-3-7-16-14(11)19-13;;/h5-6,8,16H,2-4,7,15H2,1H3;2*1H. The summed E-state index contributed by atoms with van der Waals surface area (Å²) in [5, 5.41) is 5.68. The van der Waals surface area contributed by atoms with Gasteiger partial charge in [-0.15, -0.1) is 24.8 Å². The maximum absolute atomic E-state index is 5.95. The van der Waals surface area contributed by atoms with Crippen molar-refractivity contribution in [2.75, 3.05) is 24.7 Å². The SMILES string of the molecule is COc1ccc(-c2nc3c(s2)NCCCC3)cc1N.Cl.Cl. The van der Waals surface area contributed by atoms with Gasteiger partial charge in [-0.05, 0) is 37.5 Å². The van der Waals surface area contributed by atoms with Crippen LogP contribution in [-0.2, 0) is 6.42 Å². The maximum atomic E-state index is 5.95. The van der Waals surface area contributed by atoms with E-state index in [1.807, 2.05) is 18.2 Å². The first-order valence-corrected chi connectivity index (χ1v) is 7.27. The van der Waals surface area contributed by atoms with Crippen LogP contribution in [0.3, 0.4) is 0 Å². The first-order chi connectivity index (χ1) is 9.28. The Bertz CT molecular complexity index is 580. The molecule has 0 spiro atoms. The van der Waals surface area contributed by atoms with Crippen LogP contribution in [-0.4, -0.2) is 18.6 Å². The van der Waals surface area contributed by atoms with Crippen LogP contribution >= 0.6 is 36.2 Å². The molecule has 7 heteroatoms. The van der Waals surface area contributed by atoms with E-state index in [0.29, 0.717) is 11.4 Å². The minimum atomic E-state index is 0. The molecule has 1 aromatic carbocycles. The van der Waals surface area contributed by atoms with Gasteiger partial charge >= 0.3 is 0 Å². The average molecular weight is 348 g/mol. The van der Waals surface area contributed by atoms with Gasteiger partial charge in [-0.3, -0.25) is 0 Å². The fraction of sp³-hybridized carbons (Fsp3) is 0.357. The number of halogens is 2. The van der Waals surface area contributed by atoms with Gasteiger partial charge in [0.15, 0.2) is 0 Å². The normalized spacial score (nSPS) is 13.0. The molecule has 0 unspecified atom stereocenters. The third-order valence-electron chi connectivity index (χ3n) is 3.30. The number of hydrogen-bond acceptors (Lipinski definition) is 5. The van der Waals surface area contributed by atoms with Crippen LogP contribution < -0.4 is 15.8 Å². The molecule has 1 aliphatic heterocycles. The molecule has 116 valence electrons. The lowest BCUT2D eigenvalue weighted by Gasteiger charge is -2.05. The Morgan fingerprint density at radius 3 is 2.81 bits per heavy atom. The zero-order valence-electron chi connectivity index (χ0n) is 11.7. The minimum absolute atomic E-state index is 0. The predicted molar refractivity (Wildman–Crippen MR) is 94.4 cm³/mol. The van der Waals surface area contributed by atoms with Gasteiger partial charge < -0.3 is 15.8 Å². The van der Waals surface area contributed by atoms with Crippen molar-refractivity contribution >= 4 is 46.8 Å². The lowest BCUT2D eigenvalue weighted by Crippen LogP contribution is -1.96. The Kier molecular flexibility index (Phi) is 6.58. The molecule has 0 atom stereocenters. The Labute approximate surface area is 140 Å². The van der Waals surface area contributed by atoms with Gasteiger partial charge in [-0.1, -0.05) is 11.3 Å². The van der Waals surface area contributed by atoms with E-state index in [0.717, 1.165) is 23.5 Å². The highest BCUT2D eigenvalue weighted by Crippen LogP contribution is 2.36. The molecular weight excluding hydrogens is 329 g/mol. The lowest BCUT2D eigenvalue weighted by molar-refractivity contribution is 0.417. The topological polar surface area (TPSA) is 60.2 Å². The van der Waals surface area contributed by atoms with Crippen molar-refractivity contribution in [3.05, 3.63) is 23.9 Å². The van der Waals surface area contributed by atoms with Gasteiger partial charge in [0.1, 0.15) is 15.8 Å². The number of hydrogen-bond donors (Lipinski definition) is 2. The van der Waals surface area contributed by atoms with E-state index >= 15 is 0 Å². The van der Waals surface area contributed by atoms with Crippen LogP contribution in [0, 0.1) is 0 Å². The van der Waals surface area contributed by atoms with Crippen LogP contribution in [0.1, 0.15) is 18.5 Å². The summed E-state index contributed by atoms with van der Waals surface area (Å²) in [6.07, 6.45) is 3.48. The van der Waals surface area contributed by atoms with E-state index in [1.54, 1.807) is 18.4 Å². The minimum Gasteiger partial charge on any atom is -0.495 e. The summed E-state index contributed by atoms with van der Waals surface area (Å²) in [7, 11) is 1.63. The average Bonchev–Trinajstić information content (AvgIpc) is 2.70. The highest BCUT2D eigenvalue weighted by molar-refractivity contribution is 7.19. The molecular formula is C14H19Cl2N3OS. The molecule has 0 bridgehead atoms. The monoisotopic (exact) mass is 347 g/mol. The molecule has 0 aliphatic carbocycles. The molecule has 2 heterocycles. The van der Waals surface area contributed by atoms with Gasteiger partial charge in [0.25, 0.3) is 0 Å². The van der Waals surface area contributed by atoms with Gasteiger partial charge in [-0.2, -0.15) is 0 Å². The highest BCUT2D eigenvalue weighted by atomic mass is 35.5. The number of thiazole rings is 1. The van der Waals surface area contributed by atoms with E-state index in [2.05, 4.69) is 5.32 Å². The third-order valence-corrected chi connectivity index (χ3v) is 4.40. The molecule has 0 amide bonds. The molecule has 1 aliphatic rings. The summed E-state index contributed by atoms with van der Waals surface area (Å²) in [5.74, 6) is 0.708. The van der Waals surface area contributed by atoms with E-state index in [-0.39, 0.29) is 24.8 Å². The number of nitrogen functional groups attached to an aromatic ring is 1. The fourth-order valence-corrected chi connectivity index (χ4v) is 3.30. The van der Waals surface area contributed by atoms with Crippen molar-refractivity contribution in [1.82, 2.24) is 4.98 Å². The highest BCUT2D eigenvalue weighted by Gasteiger charge is 2.15. The number of rotatable bonds is 2. The first-order valence-electron chi connectivity index (χ1n) is 6.45. The zero-order chi connectivity index (χ0) is 13.2. The molecule has 4 nitrogen and oxygen atoms in total. The Hall–Kier alpha value is -1.17. The molecule has 21 heavy (non-hydrogen) atoms. The third kappa shape index (κ3) is 3.73. The van der Waals surface area contributed by atoms with Crippen molar-refractivity contribution in [3.63, 3.8) is 0 Å². The van der Waals surface area contributed by atoms with Crippen LogP contribution in [0.2, 0.25) is 0 Å². The summed E-state index contributed by atoms with van der Waals surface area (Å²) < 4.78 is 5.18. The molecule has 3 rings (SSSR count). The second-order valence-electron chi connectivity index (χ2n) is 4.64. The first kappa shape index (κ1) is 17.9.